The van der Waals surface area contributed by atoms with Gasteiger partial charge in [-0.3, -0.25) is 4.79 Å². The lowest BCUT2D eigenvalue weighted by atomic mass is 10.0. The number of carbonyl (C=O) groups is 1. The Morgan fingerprint density at radius 1 is 1.14 bits per heavy atom. The average molecular weight is 377 g/mol. The second-order valence-corrected chi connectivity index (χ2v) is 6.75. The summed E-state index contributed by atoms with van der Waals surface area (Å²) in [7, 11) is 0. The van der Waals surface area contributed by atoms with Crippen molar-refractivity contribution in [2.75, 3.05) is 19.7 Å². The molecule has 0 radical (unpaired) electrons. The molecule has 0 aliphatic carbocycles. The molecule has 1 saturated heterocycles. The van der Waals surface area contributed by atoms with Crippen molar-refractivity contribution in [3.05, 3.63) is 60.6 Å². The lowest BCUT2D eigenvalue weighted by Crippen LogP contribution is -2.42. The minimum absolute atomic E-state index is 0.0146. The molecule has 0 bridgehead atoms. The van der Waals surface area contributed by atoms with Gasteiger partial charge in [-0.1, -0.05) is 30.3 Å². The summed E-state index contributed by atoms with van der Waals surface area (Å²) >= 11 is 0. The average Bonchev–Trinajstić information content (AvgIpc) is 2.75. The first-order valence-electron chi connectivity index (χ1n) is 9.62. The van der Waals surface area contributed by atoms with Crippen molar-refractivity contribution in [3.63, 3.8) is 0 Å². The topological polar surface area (TPSA) is 64.5 Å². The molecule has 1 aromatic heterocycles. The maximum absolute atomic E-state index is 13.4. The highest BCUT2D eigenvalue weighted by atomic mass is 16.5. The third-order valence-corrected chi connectivity index (χ3v) is 4.98. The van der Waals surface area contributed by atoms with Crippen LogP contribution in [0.4, 0.5) is 0 Å². The van der Waals surface area contributed by atoms with E-state index in [2.05, 4.69) is 9.97 Å². The Morgan fingerprint density at radius 3 is 2.71 bits per heavy atom. The Balaban J connectivity index is 1.52. The number of ether oxygens (including phenoxy) is 2. The van der Waals surface area contributed by atoms with E-state index in [9.17, 15) is 4.79 Å². The number of aromatic nitrogens is 2. The van der Waals surface area contributed by atoms with Crippen LogP contribution in [0.5, 0.6) is 11.6 Å². The SMILES string of the molecule is CCOc1ccc2ccccc2c1C(=O)N1CCC(Oc2ccncn2)CC1. The van der Waals surface area contributed by atoms with Gasteiger partial charge in [-0.05, 0) is 23.8 Å². The molecule has 2 aromatic carbocycles. The van der Waals surface area contributed by atoms with Crippen LogP contribution in [0.25, 0.3) is 10.8 Å². The standard InChI is InChI=1S/C22H23N3O3/c1-2-27-19-8-7-16-5-3-4-6-18(16)21(19)22(26)25-13-10-17(11-14-25)28-20-9-12-23-15-24-20/h3-9,12,15,17H,2,10-11,13-14H2,1H3. The smallest absolute Gasteiger partial charge is 0.258 e. The van der Waals surface area contributed by atoms with Gasteiger partial charge in [0.1, 0.15) is 18.2 Å². The van der Waals surface area contributed by atoms with E-state index in [0.29, 0.717) is 36.9 Å². The molecular formula is C22H23N3O3. The summed E-state index contributed by atoms with van der Waals surface area (Å²) in [4.78, 5) is 23.3. The fourth-order valence-corrected chi connectivity index (χ4v) is 3.60. The summed E-state index contributed by atoms with van der Waals surface area (Å²) in [5, 5.41) is 1.97. The van der Waals surface area contributed by atoms with Gasteiger partial charge >= 0.3 is 0 Å². The van der Waals surface area contributed by atoms with Crippen molar-refractivity contribution in [1.29, 1.82) is 0 Å². The first-order valence-corrected chi connectivity index (χ1v) is 9.62. The molecule has 1 amide bonds. The van der Waals surface area contributed by atoms with Gasteiger partial charge in [0, 0.05) is 38.2 Å². The van der Waals surface area contributed by atoms with Gasteiger partial charge in [-0.15, -0.1) is 0 Å². The van der Waals surface area contributed by atoms with Crippen LogP contribution in [0.3, 0.4) is 0 Å². The number of benzene rings is 2. The lowest BCUT2D eigenvalue weighted by Gasteiger charge is -2.32. The van der Waals surface area contributed by atoms with Crippen LogP contribution in [0.15, 0.2) is 55.0 Å². The van der Waals surface area contributed by atoms with E-state index >= 15 is 0 Å². The Labute approximate surface area is 164 Å². The number of hydrogen-bond donors (Lipinski definition) is 0. The van der Waals surface area contributed by atoms with Crippen LogP contribution in [-0.2, 0) is 0 Å². The van der Waals surface area contributed by atoms with Gasteiger partial charge in [-0.2, -0.15) is 0 Å². The molecule has 0 unspecified atom stereocenters. The monoisotopic (exact) mass is 377 g/mol. The maximum Gasteiger partial charge on any atom is 0.258 e. The molecule has 144 valence electrons. The Bertz CT molecular complexity index is 954. The summed E-state index contributed by atoms with van der Waals surface area (Å²) < 4.78 is 11.7. The van der Waals surface area contributed by atoms with Gasteiger partial charge in [0.2, 0.25) is 5.88 Å². The molecule has 0 spiro atoms. The number of likely N-dealkylation sites (tertiary alicyclic amines) is 1. The van der Waals surface area contributed by atoms with Crippen LogP contribution in [-0.4, -0.2) is 46.6 Å². The molecule has 6 heteroatoms. The van der Waals surface area contributed by atoms with E-state index in [1.807, 2.05) is 48.2 Å². The number of nitrogens with zero attached hydrogens (tertiary/aromatic N) is 3. The fraction of sp³-hybridized carbons (Fsp3) is 0.318. The molecule has 0 saturated carbocycles. The zero-order valence-electron chi connectivity index (χ0n) is 15.9. The minimum Gasteiger partial charge on any atom is -0.493 e. The highest BCUT2D eigenvalue weighted by Gasteiger charge is 2.28. The number of rotatable bonds is 5. The number of carbonyl (C=O) groups excluding carboxylic acids is 1. The Morgan fingerprint density at radius 2 is 1.96 bits per heavy atom. The van der Waals surface area contributed by atoms with E-state index in [1.54, 1.807) is 12.3 Å². The summed E-state index contributed by atoms with van der Waals surface area (Å²) in [6.07, 6.45) is 4.73. The zero-order chi connectivity index (χ0) is 19.3. The van der Waals surface area contributed by atoms with Crippen LogP contribution in [0.1, 0.15) is 30.1 Å². The number of hydrogen-bond acceptors (Lipinski definition) is 5. The molecule has 0 N–H and O–H groups in total. The third kappa shape index (κ3) is 3.76. The molecular weight excluding hydrogens is 354 g/mol. The second kappa shape index (κ2) is 8.25. The van der Waals surface area contributed by atoms with Gasteiger partial charge in [0.05, 0.1) is 12.2 Å². The molecule has 4 rings (SSSR count). The Kier molecular flexibility index (Phi) is 5.37. The molecule has 0 atom stereocenters. The summed E-state index contributed by atoms with van der Waals surface area (Å²) in [6.45, 7) is 3.74. The van der Waals surface area contributed by atoms with Crippen molar-refractivity contribution < 1.29 is 14.3 Å². The van der Waals surface area contributed by atoms with Crippen molar-refractivity contribution in [2.45, 2.75) is 25.9 Å². The van der Waals surface area contributed by atoms with Crippen molar-refractivity contribution in [3.8, 4) is 11.6 Å². The van der Waals surface area contributed by atoms with E-state index in [0.717, 1.165) is 23.6 Å². The number of amides is 1. The molecule has 1 fully saturated rings. The lowest BCUT2D eigenvalue weighted by molar-refractivity contribution is 0.0586. The van der Waals surface area contributed by atoms with E-state index in [1.165, 1.54) is 6.33 Å². The maximum atomic E-state index is 13.4. The van der Waals surface area contributed by atoms with E-state index < -0.39 is 0 Å². The van der Waals surface area contributed by atoms with Crippen LogP contribution in [0, 0.1) is 0 Å². The molecule has 1 aliphatic rings. The molecule has 6 nitrogen and oxygen atoms in total. The zero-order valence-corrected chi connectivity index (χ0v) is 15.9. The molecule has 3 aromatic rings. The normalized spacial score (nSPS) is 14.8. The quantitative estimate of drug-likeness (QED) is 0.678. The van der Waals surface area contributed by atoms with Crippen molar-refractivity contribution in [2.24, 2.45) is 0 Å². The first-order chi connectivity index (χ1) is 13.8. The largest absolute Gasteiger partial charge is 0.493 e. The molecule has 28 heavy (non-hydrogen) atoms. The van der Waals surface area contributed by atoms with E-state index in [4.69, 9.17) is 9.47 Å². The van der Waals surface area contributed by atoms with Crippen molar-refractivity contribution >= 4 is 16.7 Å². The van der Waals surface area contributed by atoms with Gasteiger partial charge in [-0.25, -0.2) is 9.97 Å². The van der Waals surface area contributed by atoms with Crippen LogP contribution >= 0.6 is 0 Å². The highest BCUT2D eigenvalue weighted by Crippen LogP contribution is 2.30. The number of piperidine rings is 1. The first kappa shape index (κ1) is 18.2. The Hall–Kier alpha value is -3.15. The third-order valence-electron chi connectivity index (χ3n) is 4.98. The summed E-state index contributed by atoms with van der Waals surface area (Å²) in [5.74, 6) is 1.23. The second-order valence-electron chi connectivity index (χ2n) is 6.75. The van der Waals surface area contributed by atoms with E-state index in [-0.39, 0.29) is 12.0 Å². The van der Waals surface area contributed by atoms with Crippen LogP contribution in [0.2, 0.25) is 0 Å². The van der Waals surface area contributed by atoms with Gasteiger partial charge < -0.3 is 14.4 Å². The van der Waals surface area contributed by atoms with Crippen molar-refractivity contribution in [1.82, 2.24) is 14.9 Å². The molecule has 1 aliphatic heterocycles. The predicted molar refractivity (Wildman–Crippen MR) is 107 cm³/mol. The van der Waals surface area contributed by atoms with Gasteiger partial charge in [0.25, 0.3) is 5.91 Å². The molecule has 2 heterocycles. The number of fused-ring (bicyclic) bond motifs is 1. The summed E-state index contributed by atoms with van der Waals surface area (Å²) in [5.41, 5.74) is 0.648. The minimum atomic E-state index is 0.0146. The fourth-order valence-electron chi connectivity index (χ4n) is 3.60. The van der Waals surface area contributed by atoms with Gasteiger partial charge in [0.15, 0.2) is 0 Å². The predicted octanol–water partition coefficient (Wildman–Crippen LogP) is 3.71. The highest BCUT2D eigenvalue weighted by molar-refractivity contribution is 6.09. The van der Waals surface area contributed by atoms with Crippen LogP contribution < -0.4 is 9.47 Å². The summed E-state index contributed by atoms with van der Waals surface area (Å²) in [6, 6.07) is 13.6.